The van der Waals surface area contributed by atoms with Gasteiger partial charge in [-0.15, -0.1) is 5.10 Å². The lowest BCUT2D eigenvalue weighted by Crippen LogP contribution is -2.44. The SMILES string of the molecule is CN(C(=O)C1CCS(=O)(=O)CC1)[C@H](c1ccc([C@H]2C[C@@](C)(C(F)(F)F)c3c2cnc2cc(F)nn32)cc1)C(F)(F)F. The van der Waals surface area contributed by atoms with Crippen molar-refractivity contribution in [3.05, 3.63) is 64.9 Å². The first kappa shape index (κ1) is 29.3. The van der Waals surface area contributed by atoms with Gasteiger partial charge in [0, 0.05) is 36.7 Å². The highest BCUT2D eigenvalue weighted by molar-refractivity contribution is 7.91. The summed E-state index contributed by atoms with van der Waals surface area (Å²) in [6, 6.07) is 3.34. The highest BCUT2D eigenvalue weighted by Crippen LogP contribution is 2.56. The molecule has 1 aliphatic carbocycles. The van der Waals surface area contributed by atoms with Crippen LogP contribution in [0.4, 0.5) is 30.7 Å². The maximum Gasteiger partial charge on any atom is 0.413 e. The molecule has 222 valence electrons. The molecule has 1 saturated heterocycles. The van der Waals surface area contributed by atoms with E-state index in [2.05, 4.69) is 10.1 Å². The highest BCUT2D eigenvalue weighted by atomic mass is 32.2. The maximum atomic E-state index is 14.4. The van der Waals surface area contributed by atoms with Gasteiger partial charge in [-0.2, -0.15) is 30.7 Å². The fraction of sp³-hybridized carbons (Fsp3) is 0.500. The Balaban J connectivity index is 1.48. The van der Waals surface area contributed by atoms with Gasteiger partial charge in [0.15, 0.2) is 11.7 Å². The molecule has 15 heteroatoms. The standard InChI is InChI=1S/C26H25F7N4O3S/c1-24(26(31,32)33)12-17(18-13-34-20-11-19(27)35-37(20)22(18)24)14-3-5-15(6-4-14)21(25(28,29)30)36(2)23(38)16-7-9-41(39,40)10-8-16/h3-6,11,13,16-17,21H,7-10,12H2,1-2H3/t17-,21-,24-/m1/s1. The zero-order valence-corrected chi connectivity index (χ0v) is 22.6. The largest absolute Gasteiger partial charge is 0.413 e. The van der Waals surface area contributed by atoms with E-state index in [0.717, 1.165) is 36.7 Å². The van der Waals surface area contributed by atoms with Crippen molar-refractivity contribution in [2.75, 3.05) is 18.6 Å². The normalized spacial score (nSPS) is 23.9. The number of rotatable bonds is 4. The summed E-state index contributed by atoms with van der Waals surface area (Å²) in [5.74, 6) is -4.21. The third kappa shape index (κ3) is 5.06. The molecule has 0 bridgehead atoms. The number of aromatic nitrogens is 3. The van der Waals surface area contributed by atoms with Crippen LogP contribution in [-0.2, 0) is 20.0 Å². The molecule has 3 aromatic rings. The molecule has 3 heterocycles. The lowest BCUT2D eigenvalue weighted by Gasteiger charge is -2.34. The van der Waals surface area contributed by atoms with Gasteiger partial charge in [-0.3, -0.25) is 4.79 Å². The van der Waals surface area contributed by atoms with Crippen molar-refractivity contribution in [2.45, 2.75) is 55.9 Å². The van der Waals surface area contributed by atoms with Gasteiger partial charge in [0.2, 0.25) is 11.9 Å². The minimum Gasteiger partial charge on any atom is -0.330 e. The van der Waals surface area contributed by atoms with Crippen molar-refractivity contribution in [3.63, 3.8) is 0 Å². The first-order valence-electron chi connectivity index (χ1n) is 12.7. The summed E-state index contributed by atoms with van der Waals surface area (Å²) in [5, 5.41) is 3.56. The van der Waals surface area contributed by atoms with Crippen molar-refractivity contribution in [1.82, 2.24) is 19.5 Å². The molecule has 3 atom stereocenters. The Kier molecular flexibility index (Phi) is 6.90. The highest BCUT2D eigenvalue weighted by Gasteiger charge is 2.60. The molecule has 2 aromatic heterocycles. The van der Waals surface area contributed by atoms with Crippen LogP contribution >= 0.6 is 0 Å². The second kappa shape index (κ2) is 9.66. The lowest BCUT2D eigenvalue weighted by atomic mass is 9.83. The Labute approximate surface area is 230 Å². The number of hydrogen-bond acceptors (Lipinski definition) is 5. The van der Waals surface area contributed by atoms with Crippen molar-refractivity contribution < 1.29 is 43.9 Å². The van der Waals surface area contributed by atoms with Crippen molar-refractivity contribution in [3.8, 4) is 0 Å². The number of fused-ring (bicyclic) bond motifs is 3. The molecule has 1 amide bonds. The monoisotopic (exact) mass is 606 g/mol. The van der Waals surface area contributed by atoms with Gasteiger partial charge in [-0.05, 0) is 37.3 Å². The van der Waals surface area contributed by atoms with E-state index >= 15 is 0 Å². The summed E-state index contributed by atoms with van der Waals surface area (Å²) in [5.41, 5.74) is -2.74. The number of halogens is 7. The van der Waals surface area contributed by atoms with Crippen molar-refractivity contribution >= 4 is 21.4 Å². The van der Waals surface area contributed by atoms with Crippen LogP contribution in [0.25, 0.3) is 5.65 Å². The average molecular weight is 607 g/mol. The summed E-state index contributed by atoms with van der Waals surface area (Å²) in [7, 11) is -2.33. The summed E-state index contributed by atoms with van der Waals surface area (Å²) in [6.07, 6.45) is -9.09. The Morgan fingerprint density at radius 3 is 2.27 bits per heavy atom. The molecular formula is C26H25F7N4O3S. The number of alkyl halides is 6. The minimum atomic E-state index is -4.89. The smallest absolute Gasteiger partial charge is 0.330 e. The van der Waals surface area contributed by atoms with Crippen LogP contribution in [0.5, 0.6) is 0 Å². The molecule has 0 N–H and O–H groups in total. The number of hydrogen-bond donors (Lipinski definition) is 0. The van der Waals surface area contributed by atoms with E-state index in [1.807, 2.05) is 0 Å². The molecule has 1 fully saturated rings. The second-order valence-corrected chi connectivity index (χ2v) is 13.2. The summed E-state index contributed by atoms with van der Waals surface area (Å²) in [4.78, 5) is 17.5. The topological polar surface area (TPSA) is 84.6 Å². The van der Waals surface area contributed by atoms with E-state index in [1.54, 1.807) is 0 Å². The van der Waals surface area contributed by atoms with Gasteiger partial charge in [-0.25, -0.2) is 17.9 Å². The van der Waals surface area contributed by atoms with Crippen LogP contribution in [0.3, 0.4) is 0 Å². The molecule has 1 aromatic carbocycles. The first-order chi connectivity index (χ1) is 18.9. The maximum absolute atomic E-state index is 14.4. The Bertz CT molecular complexity index is 1590. The first-order valence-corrected chi connectivity index (χ1v) is 14.5. The summed E-state index contributed by atoms with van der Waals surface area (Å²) in [6.45, 7) is 0.968. The predicted molar refractivity (Wildman–Crippen MR) is 132 cm³/mol. The number of sulfone groups is 1. The van der Waals surface area contributed by atoms with E-state index in [-0.39, 0.29) is 52.4 Å². The zero-order valence-electron chi connectivity index (χ0n) is 21.8. The summed E-state index contributed by atoms with van der Waals surface area (Å²) >= 11 is 0. The molecule has 7 nitrogen and oxygen atoms in total. The molecule has 1 aliphatic heterocycles. The van der Waals surface area contributed by atoms with E-state index in [9.17, 15) is 43.9 Å². The van der Waals surface area contributed by atoms with Crippen LogP contribution in [0.1, 0.15) is 60.5 Å². The van der Waals surface area contributed by atoms with Gasteiger partial charge in [0.05, 0.1) is 17.2 Å². The number of benzene rings is 1. The van der Waals surface area contributed by atoms with Crippen molar-refractivity contribution in [1.29, 1.82) is 0 Å². The van der Waals surface area contributed by atoms with Gasteiger partial charge in [0.25, 0.3) is 0 Å². The van der Waals surface area contributed by atoms with Crippen LogP contribution in [0.2, 0.25) is 0 Å². The molecule has 0 radical (unpaired) electrons. The fourth-order valence-electron chi connectivity index (χ4n) is 5.98. The second-order valence-electron chi connectivity index (χ2n) is 10.9. The van der Waals surface area contributed by atoms with Gasteiger partial charge in [-0.1, -0.05) is 24.3 Å². The molecule has 41 heavy (non-hydrogen) atoms. The Morgan fingerprint density at radius 2 is 1.71 bits per heavy atom. The number of amides is 1. The van der Waals surface area contributed by atoms with Crippen LogP contribution < -0.4 is 0 Å². The fourth-order valence-corrected chi connectivity index (χ4v) is 7.47. The zero-order chi connectivity index (χ0) is 30.1. The van der Waals surface area contributed by atoms with Crippen LogP contribution in [-0.4, -0.2) is 64.7 Å². The number of carbonyl (C=O) groups is 1. The average Bonchev–Trinajstić information content (AvgIpc) is 3.40. The molecule has 0 saturated carbocycles. The third-order valence-corrected chi connectivity index (χ3v) is 9.94. The quantitative estimate of drug-likeness (QED) is 0.386. The van der Waals surface area contributed by atoms with Gasteiger partial charge < -0.3 is 4.90 Å². The lowest BCUT2D eigenvalue weighted by molar-refractivity contribution is -0.190. The number of nitrogens with zero attached hydrogens (tertiary/aromatic N) is 4. The Morgan fingerprint density at radius 1 is 1.10 bits per heavy atom. The predicted octanol–water partition coefficient (Wildman–Crippen LogP) is 5.11. The van der Waals surface area contributed by atoms with E-state index in [1.165, 1.54) is 18.3 Å². The van der Waals surface area contributed by atoms with Crippen LogP contribution in [0.15, 0.2) is 36.5 Å². The van der Waals surface area contributed by atoms with E-state index in [0.29, 0.717) is 4.90 Å². The summed E-state index contributed by atoms with van der Waals surface area (Å²) < 4.78 is 124. The molecule has 5 rings (SSSR count). The molecule has 2 aliphatic rings. The molecule has 0 spiro atoms. The molecule has 0 unspecified atom stereocenters. The Hall–Kier alpha value is -3.23. The third-order valence-electron chi connectivity index (χ3n) is 8.22. The minimum absolute atomic E-state index is 0.0739. The van der Waals surface area contributed by atoms with Gasteiger partial charge in [0.1, 0.15) is 15.3 Å². The van der Waals surface area contributed by atoms with E-state index < -0.39 is 63.8 Å². The number of carbonyl (C=O) groups excluding carboxylic acids is 1. The van der Waals surface area contributed by atoms with Crippen LogP contribution in [0, 0.1) is 11.9 Å². The van der Waals surface area contributed by atoms with Gasteiger partial charge >= 0.3 is 12.4 Å². The molecular weight excluding hydrogens is 581 g/mol. The van der Waals surface area contributed by atoms with E-state index in [4.69, 9.17) is 0 Å². The van der Waals surface area contributed by atoms with Crippen molar-refractivity contribution in [2.24, 2.45) is 5.92 Å².